The summed E-state index contributed by atoms with van der Waals surface area (Å²) in [5.41, 5.74) is 1.37. The molecule has 1 aliphatic heterocycles. The highest BCUT2D eigenvalue weighted by Gasteiger charge is 2.37. The zero-order chi connectivity index (χ0) is 15.6. The van der Waals surface area contributed by atoms with E-state index in [9.17, 15) is 0 Å². The summed E-state index contributed by atoms with van der Waals surface area (Å²) in [6, 6.07) is 3.82. The number of piperidine rings is 1. The van der Waals surface area contributed by atoms with Crippen molar-refractivity contribution >= 4 is 10.9 Å². The van der Waals surface area contributed by atoms with E-state index in [4.69, 9.17) is 14.2 Å². The summed E-state index contributed by atoms with van der Waals surface area (Å²) in [6.07, 6.45) is 3.35. The molecule has 0 unspecified atom stereocenters. The first-order chi connectivity index (χ1) is 10.7. The lowest BCUT2D eigenvalue weighted by molar-refractivity contribution is -0.0413. The van der Waals surface area contributed by atoms with E-state index in [2.05, 4.69) is 15.3 Å². The number of fused-ring (bicyclic) bond motifs is 1. The zero-order valence-electron chi connectivity index (χ0n) is 13.2. The van der Waals surface area contributed by atoms with Gasteiger partial charge in [0, 0.05) is 18.6 Å². The first-order valence-corrected chi connectivity index (χ1v) is 7.37. The average Bonchev–Trinajstić information content (AvgIpc) is 2.60. The van der Waals surface area contributed by atoms with Crippen molar-refractivity contribution in [1.82, 2.24) is 15.3 Å². The maximum absolute atomic E-state index is 5.90. The molecule has 0 saturated carbocycles. The van der Waals surface area contributed by atoms with Crippen LogP contribution in [0.5, 0.6) is 11.5 Å². The molecule has 0 atom stereocenters. The summed E-state index contributed by atoms with van der Waals surface area (Å²) in [4.78, 5) is 8.91. The summed E-state index contributed by atoms with van der Waals surface area (Å²) in [5, 5.41) is 4.31. The normalized spacial score (nSPS) is 17.4. The van der Waals surface area contributed by atoms with Gasteiger partial charge in [-0.1, -0.05) is 0 Å². The van der Waals surface area contributed by atoms with Gasteiger partial charge in [-0.25, -0.2) is 9.97 Å². The Morgan fingerprint density at radius 1 is 1.00 bits per heavy atom. The van der Waals surface area contributed by atoms with Crippen LogP contribution in [0, 0.1) is 0 Å². The molecule has 1 aliphatic rings. The molecule has 1 aromatic heterocycles. The van der Waals surface area contributed by atoms with Gasteiger partial charge in [0.15, 0.2) is 11.5 Å². The Hall–Kier alpha value is -1.92. The van der Waals surface area contributed by atoms with Crippen molar-refractivity contribution in [3.05, 3.63) is 24.2 Å². The third kappa shape index (κ3) is 2.38. The molecule has 22 heavy (non-hydrogen) atoms. The lowest BCUT2D eigenvalue weighted by Crippen LogP contribution is -2.42. The predicted molar refractivity (Wildman–Crippen MR) is 83.4 cm³/mol. The largest absolute Gasteiger partial charge is 0.493 e. The van der Waals surface area contributed by atoms with Crippen LogP contribution in [0.3, 0.4) is 0 Å². The molecule has 0 radical (unpaired) electrons. The first kappa shape index (κ1) is 15.0. The van der Waals surface area contributed by atoms with Gasteiger partial charge >= 0.3 is 0 Å². The van der Waals surface area contributed by atoms with Gasteiger partial charge in [-0.15, -0.1) is 0 Å². The van der Waals surface area contributed by atoms with Crippen molar-refractivity contribution in [3.8, 4) is 11.5 Å². The highest BCUT2D eigenvalue weighted by atomic mass is 16.5. The summed E-state index contributed by atoms with van der Waals surface area (Å²) in [5.74, 6) is 1.34. The van der Waals surface area contributed by atoms with Crippen molar-refractivity contribution in [1.29, 1.82) is 0 Å². The molecule has 0 spiro atoms. The smallest absolute Gasteiger partial charge is 0.162 e. The van der Waals surface area contributed by atoms with Crippen molar-refractivity contribution in [2.45, 2.75) is 18.4 Å². The standard InChI is InChI=1S/C16H21N3O3/c1-20-13-8-11-12(9-14(13)21-2)18-10-19-15(11)16(22-3)4-6-17-7-5-16/h8-10,17H,4-7H2,1-3H3. The van der Waals surface area contributed by atoms with Crippen LogP contribution in [0.25, 0.3) is 10.9 Å². The highest BCUT2D eigenvalue weighted by Crippen LogP contribution is 2.39. The van der Waals surface area contributed by atoms with Gasteiger partial charge < -0.3 is 19.5 Å². The third-order valence-corrected chi connectivity index (χ3v) is 4.37. The molecule has 6 heteroatoms. The summed E-state index contributed by atoms with van der Waals surface area (Å²) in [7, 11) is 5.00. The number of hydrogen-bond acceptors (Lipinski definition) is 6. The fourth-order valence-electron chi connectivity index (χ4n) is 3.11. The number of rotatable bonds is 4. The second-order valence-corrected chi connectivity index (χ2v) is 5.40. The van der Waals surface area contributed by atoms with E-state index in [1.807, 2.05) is 12.1 Å². The molecule has 6 nitrogen and oxygen atoms in total. The molecule has 1 N–H and O–H groups in total. The molecular formula is C16H21N3O3. The van der Waals surface area contributed by atoms with Crippen LogP contribution in [0.1, 0.15) is 18.5 Å². The van der Waals surface area contributed by atoms with Crippen LogP contribution in [0.2, 0.25) is 0 Å². The number of nitrogens with one attached hydrogen (secondary N) is 1. The molecule has 0 amide bonds. The number of ether oxygens (including phenoxy) is 3. The average molecular weight is 303 g/mol. The van der Waals surface area contributed by atoms with Gasteiger partial charge in [0.1, 0.15) is 11.9 Å². The van der Waals surface area contributed by atoms with Crippen LogP contribution in [0.4, 0.5) is 0 Å². The number of hydrogen-bond donors (Lipinski definition) is 1. The topological polar surface area (TPSA) is 65.5 Å². The lowest BCUT2D eigenvalue weighted by Gasteiger charge is -2.36. The Morgan fingerprint density at radius 2 is 1.68 bits per heavy atom. The van der Waals surface area contributed by atoms with Gasteiger partial charge in [-0.3, -0.25) is 0 Å². The van der Waals surface area contributed by atoms with E-state index in [1.54, 1.807) is 27.7 Å². The van der Waals surface area contributed by atoms with Gasteiger partial charge in [0.2, 0.25) is 0 Å². The Bertz CT molecular complexity index is 669. The first-order valence-electron chi connectivity index (χ1n) is 7.37. The van der Waals surface area contributed by atoms with Crippen molar-refractivity contribution in [2.24, 2.45) is 0 Å². The summed E-state index contributed by atoms with van der Waals surface area (Å²) < 4.78 is 16.7. The summed E-state index contributed by atoms with van der Waals surface area (Å²) in [6.45, 7) is 1.82. The fourth-order valence-corrected chi connectivity index (χ4v) is 3.11. The zero-order valence-corrected chi connectivity index (χ0v) is 13.2. The van der Waals surface area contributed by atoms with Crippen molar-refractivity contribution < 1.29 is 14.2 Å². The number of methoxy groups -OCH3 is 3. The van der Waals surface area contributed by atoms with Crippen LogP contribution in [-0.4, -0.2) is 44.4 Å². The molecular weight excluding hydrogens is 282 g/mol. The van der Waals surface area contributed by atoms with Gasteiger partial charge in [0.05, 0.1) is 25.4 Å². The molecule has 1 aromatic carbocycles. The Labute approximate surface area is 129 Å². The summed E-state index contributed by atoms with van der Waals surface area (Å²) >= 11 is 0. The molecule has 2 heterocycles. The monoisotopic (exact) mass is 303 g/mol. The van der Waals surface area contributed by atoms with Crippen LogP contribution in [0.15, 0.2) is 18.5 Å². The van der Waals surface area contributed by atoms with Crippen LogP contribution in [-0.2, 0) is 10.3 Å². The minimum Gasteiger partial charge on any atom is -0.493 e. The van der Waals surface area contributed by atoms with E-state index < -0.39 is 0 Å². The minimum atomic E-state index is -0.383. The van der Waals surface area contributed by atoms with Gasteiger partial charge in [0.25, 0.3) is 0 Å². The van der Waals surface area contributed by atoms with Crippen LogP contribution >= 0.6 is 0 Å². The molecule has 118 valence electrons. The molecule has 3 rings (SSSR count). The van der Waals surface area contributed by atoms with Crippen molar-refractivity contribution in [2.75, 3.05) is 34.4 Å². The van der Waals surface area contributed by atoms with E-state index in [0.29, 0.717) is 11.5 Å². The fraction of sp³-hybridized carbons (Fsp3) is 0.500. The van der Waals surface area contributed by atoms with E-state index in [-0.39, 0.29) is 5.60 Å². The lowest BCUT2D eigenvalue weighted by atomic mass is 9.86. The Balaban J connectivity index is 2.21. The molecule has 1 fully saturated rings. The molecule has 2 aromatic rings. The third-order valence-electron chi connectivity index (χ3n) is 4.37. The van der Waals surface area contributed by atoms with E-state index in [0.717, 1.165) is 42.5 Å². The molecule has 1 saturated heterocycles. The molecule has 0 bridgehead atoms. The number of nitrogens with zero attached hydrogens (tertiary/aromatic N) is 2. The number of aromatic nitrogens is 2. The minimum absolute atomic E-state index is 0.383. The number of benzene rings is 1. The molecule has 0 aliphatic carbocycles. The second kappa shape index (κ2) is 6.06. The van der Waals surface area contributed by atoms with Gasteiger partial charge in [-0.2, -0.15) is 0 Å². The van der Waals surface area contributed by atoms with Crippen molar-refractivity contribution in [3.63, 3.8) is 0 Å². The maximum atomic E-state index is 5.90. The second-order valence-electron chi connectivity index (χ2n) is 5.40. The van der Waals surface area contributed by atoms with Gasteiger partial charge in [-0.05, 0) is 32.0 Å². The maximum Gasteiger partial charge on any atom is 0.162 e. The highest BCUT2D eigenvalue weighted by molar-refractivity contribution is 5.85. The Morgan fingerprint density at radius 3 is 2.32 bits per heavy atom. The van der Waals surface area contributed by atoms with E-state index >= 15 is 0 Å². The Kier molecular flexibility index (Phi) is 4.13. The quantitative estimate of drug-likeness (QED) is 0.930. The predicted octanol–water partition coefficient (Wildman–Crippen LogP) is 1.87. The van der Waals surface area contributed by atoms with Crippen LogP contribution < -0.4 is 14.8 Å². The van der Waals surface area contributed by atoms with E-state index in [1.165, 1.54) is 0 Å². The SMILES string of the molecule is COc1cc2ncnc(C3(OC)CCNCC3)c2cc1OC.